The average Bonchev–Trinajstić information content (AvgIpc) is 2.46. The second-order valence-electron chi connectivity index (χ2n) is 5.24. The molecule has 0 aliphatic rings. The molecular weight excluding hydrogens is 250 g/mol. The Balaban J connectivity index is 1.99. The molecule has 0 spiro atoms. The SMILES string of the molecule is CC(CCO)CNC(=O)Cc1cccc2ccccc12. The van der Waals surface area contributed by atoms with Crippen LogP contribution in [0.5, 0.6) is 0 Å². The molecule has 0 aromatic heterocycles. The molecule has 0 radical (unpaired) electrons. The summed E-state index contributed by atoms with van der Waals surface area (Å²) in [5, 5.41) is 14.1. The topological polar surface area (TPSA) is 49.3 Å². The van der Waals surface area contributed by atoms with Crippen molar-refractivity contribution in [2.24, 2.45) is 5.92 Å². The van der Waals surface area contributed by atoms with E-state index in [1.165, 1.54) is 0 Å². The number of aliphatic hydroxyl groups is 1. The molecule has 2 aromatic carbocycles. The van der Waals surface area contributed by atoms with Crippen molar-refractivity contribution in [3.05, 3.63) is 48.0 Å². The van der Waals surface area contributed by atoms with Gasteiger partial charge in [-0.15, -0.1) is 0 Å². The second kappa shape index (κ2) is 7.06. The zero-order valence-electron chi connectivity index (χ0n) is 11.8. The van der Waals surface area contributed by atoms with Gasteiger partial charge in [0.15, 0.2) is 0 Å². The zero-order valence-corrected chi connectivity index (χ0v) is 11.8. The van der Waals surface area contributed by atoms with Gasteiger partial charge in [-0.2, -0.15) is 0 Å². The molecule has 1 atom stereocenters. The largest absolute Gasteiger partial charge is 0.396 e. The van der Waals surface area contributed by atoms with Crippen LogP contribution in [0, 0.1) is 5.92 Å². The van der Waals surface area contributed by atoms with Crippen LogP contribution in [-0.2, 0) is 11.2 Å². The zero-order chi connectivity index (χ0) is 14.4. The first-order chi connectivity index (χ1) is 9.70. The van der Waals surface area contributed by atoms with Crippen molar-refractivity contribution in [1.29, 1.82) is 0 Å². The highest BCUT2D eigenvalue weighted by molar-refractivity contribution is 5.90. The summed E-state index contributed by atoms with van der Waals surface area (Å²) < 4.78 is 0. The van der Waals surface area contributed by atoms with Gasteiger partial charge in [0.05, 0.1) is 6.42 Å². The van der Waals surface area contributed by atoms with E-state index in [-0.39, 0.29) is 12.5 Å². The Bertz CT molecular complexity index is 575. The number of amides is 1. The van der Waals surface area contributed by atoms with Crippen LogP contribution in [0.1, 0.15) is 18.9 Å². The molecule has 0 saturated carbocycles. The monoisotopic (exact) mass is 271 g/mol. The van der Waals surface area contributed by atoms with Crippen molar-refractivity contribution >= 4 is 16.7 Å². The van der Waals surface area contributed by atoms with Crippen molar-refractivity contribution in [3.63, 3.8) is 0 Å². The molecule has 3 heteroatoms. The van der Waals surface area contributed by atoms with Crippen molar-refractivity contribution < 1.29 is 9.90 Å². The number of benzene rings is 2. The maximum Gasteiger partial charge on any atom is 0.224 e. The summed E-state index contributed by atoms with van der Waals surface area (Å²) in [6.07, 6.45) is 1.11. The average molecular weight is 271 g/mol. The van der Waals surface area contributed by atoms with E-state index in [1.54, 1.807) is 0 Å². The number of carbonyl (C=O) groups is 1. The molecule has 2 aromatic rings. The number of rotatable bonds is 6. The van der Waals surface area contributed by atoms with E-state index in [0.29, 0.717) is 25.3 Å². The van der Waals surface area contributed by atoms with E-state index in [0.717, 1.165) is 16.3 Å². The summed E-state index contributed by atoms with van der Waals surface area (Å²) in [4.78, 5) is 12.0. The molecule has 0 bridgehead atoms. The Morgan fingerprint density at radius 1 is 1.20 bits per heavy atom. The predicted molar refractivity (Wildman–Crippen MR) is 81.5 cm³/mol. The molecule has 20 heavy (non-hydrogen) atoms. The third kappa shape index (κ3) is 3.81. The lowest BCUT2D eigenvalue weighted by Crippen LogP contribution is -2.29. The normalized spacial score (nSPS) is 12.3. The molecule has 0 aliphatic heterocycles. The minimum atomic E-state index is 0.0335. The van der Waals surface area contributed by atoms with Crippen LogP contribution in [0.15, 0.2) is 42.5 Å². The Labute approximate surface area is 119 Å². The fraction of sp³-hybridized carbons (Fsp3) is 0.353. The van der Waals surface area contributed by atoms with Gasteiger partial charge in [-0.3, -0.25) is 4.79 Å². The summed E-state index contributed by atoms with van der Waals surface area (Å²) in [7, 11) is 0. The van der Waals surface area contributed by atoms with Crippen LogP contribution in [-0.4, -0.2) is 24.2 Å². The van der Waals surface area contributed by atoms with Crippen molar-refractivity contribution in [2.45, 2.75) is 19.8 Å². The molecule has 0 aliphatic carbocycles. The number of carbonyl (C=O) groups excluding carboxylic acids is 1. The molecule has 1 unspecified atom stereocenters. The summed E-state index contributed by atoms with van der Waals surface area (Å²) >= 11 is 0. The predicted octanol–water partition coefficient (Wildman–Crippen LogP) is 2.52. The molecule has 2 rings (SSSR count). The Hall–Kier alpha value is -1.87. The van der Waals surface area contributed by atoms with Crippen molar-refractivity contribution in [2.75, 3.05) is 13.2 Å². The molecule has 0 saturated heterocycles. The van der Waals surface area contributed by atoms with Gasteiger partial charge in [0, 0.05) is 13.2 Å². The van der Waals surface area contributed by atoms with Gasteiger partial charge in [-0.05, 0) is 28.7 Å². The maximum absolute atomic E-state index is 12.0. The van der Waals surface area contributed by atoms with Crippen molar-refractivity contribution in [1.82, 2.24) is 5.32 Å². The number of hydrogen-bond acceptors (Lipinski definition) is 2. The van der Waals surface area contributed by atoms with Crippen LogP contribution >= 0.6 is 0 Å². The molecule has 0 heterocycles. The van der Waals surface area contributed by atoms with E-state index in [1.807, 2.05) is 37.3 Å². The van der Waals surface area contributed by atoms with Crippen LogP contribution in [0.3, 0.4) is 0 Å². The van der Waals surface area contributed by atoms with Crippen LogP contribution in [0.25, 0.3) is 10.8 Å². The lowest BCUT2D eigenvalue weighted by molar-refractivity contribution is -0.120. The fourth-order valence-corrected chi connectivity index (χ4v) is 2.29. The fourth-order valence-electron chi connectivity index (χ4n) is 2.29. The standard InChI is InChI=1S/C17H21NO2/c1-13(9-10-19)12-18-17(20)11-15-7-4-6-14-5-2-3-8-16(14)15/h2-8,13,19H,9-12H2,1H3,(H,18,20). The summed E-state index contributed by atoms with van der Waals surface area (Å²) in [5.41, 5.74) is 1.05. The van der Waals surface area contributed by atoms with Crippen molar-refractivity contribution in [3.8, 4) is 0 Å². The van der Waals surface area contributed by atoms with Gasteiger partial charge < -0.3 is 10.4 Å². The van der Waals surface area contributed by atoms with E-state index in [4.69, 9.17) is 5.11 Å². The number of hydrogen-bond donors (Lipinski definition) is 2. The number of fused-ring (bicyclic) bond motifs is 1. The third-order valence-electron chi connectivity index (χ3n) is 3.50. The first kappa shape index (κ1) is 14.5. The van der Waals surface area contributed by atoms with Gasteiger partial charge in [-0.1, -0.05) is 49.4 Å². The molecule has 0 fully saturated rings. The smallest absolute Gasteiger partial charge is 0.224 e. The minimum absolute atomic E-state index is 0.0335. The van der Waals surface area contributed by atoms with E-state index >= 15 is 0 Å². The third-order valence-corrected chi connectivity index (χ3v) is 3.50. The van der Waals surface area contributed by atoms with E-state index in [9.17, 15) is 4.79 Å². The number of aliphatic hydroxyl groups excluding tert-OH is 1. The molecule has 3 nitrogen and oxygen atoms in total. The lowest BCUT2D eigenvalue weighted by atomic mass is 10.0. The number of nitrogens with one attached hydrogen (secondary N) is 1. The van der Waals surface area contributed by atoms with Gasteiger partial charge in [0.1, 0.15) is 0 Å². The summed E-state index contributed by atoms with van der Waals surface area (Å²) in [6.45, 7) is 2.80. The van der Waals surface area contributed by atoms with Crippen LogP contribution < -0.4 is 5.32 Å². The Morgan fingerprint density at radius 2 is 1.95 bits per heavy atom. The minimum Gasteiger partial charge on any atom is -0.396 e. The molecule has 1 amide bonds. The highest BCUT2D eigenvalue weighted by atomic mass is 16.3. The van der Waals surface area contributed by atoms with E-state index < -0.39 is 0 Å². The molecule has 2 N–H and O–H groups in total. The van der Waals surface area contributed by atoms with Crippen LogP contribution in [0.4, 0.5) is 0 Å². The highest BCUT2D eigenvalue weighted by Gasteiger charge is 2.08. The van der Waals surface area contributed by atoms with Gasteiger partial charge in [0.2, 0.25) is 5.91 Å². The second-order valence-corrected chi connectivity index (χ2v) is 5.24. The van der Waals surface area contributed by atoms with Gasteiger partial charge >= 0.3 is 0 Å². The van der Waals surface area contributed by atoms with Gasteiger partial charge in [-0.25, -0.2) is 0 Å². The van der Waals surface area contributed by atoms with Crippen LogP contribution in [0.2, 0.25) is 0 Å². The Kier molecular flexibility index (Phi) is 5.13. The van der Waals surface area contributed by atoms with E-state index in [2.05, 4.69) is 17.4 Å². The molecule has 106 valence electrons. The van der Waals surface area contributed by atoms with Gasteiger partial charge in [0.25, 0.3) is 0 Å². The summed E-state index contributed by atoms with van der Waals surface area (Å²) in [6, 6.07) is 14.1. The first-order valence-corrected chi connectivity index (χ1v) is 7.05. The first-order valence-electron chi connectivity index (χ1n) is 7.05. The Morgan fingerprint density at radius 3 is 2.75 bits per heavy atom. The quantitative estimate of drug-likeness (QED) is 0.848. The maximum atomic E-state index is 12.0. The lowest BCUT2D eigenvalue weighted by Gasteiger charge is -2.12. The summed E-state index contributed by atoms with van der Waals surface area (Å²) in [5.74, 6) is 0.336. The molecular formula is C17H21NO2. The highest BCUT2D eigenvalue weighted by Crippen LogP contribution is 2.18.